The molecule has 2 aliphatic rings. The standard InChI is InChI=1S/C24H19BrN2O2/c1-15-7-9-17(10-8-15)23(28)24-27-21(19-13-18(25)11-12-22(19)29-24)14-20(26-27)16-5-3-2-4-6-16/h2-13,21,24H,14H2,1H3/t21-,24-/m0/s1. The van der Waals surface area contributed by atoms with Gasteiger partial charge in [0.2, 0.25) is 5.78 Å². The number of carbonyl (C=O) groups excluding carboxylic acids is 1. The van der Waals surface area contributed by atoms with E-state index in [1.807, 2.05) is 66.5 Å². The molecule has 5 heteroatoms. The van der Waals surface area contributed by atoms with Crippen molar-refractivity contribution in [3.8, 4) is 5.75 Å². The smallest absolute Gasteiger partial charge is 0.251 e. The van der Waals surface area contributed by atoms with E-state index < -0.39 is 6.23 Å². The lowest BCUT2D eigenvalue weighted by Gasteiger charge is -2.37. The summed E-state index contributed by atoms with van der Waals surface area (Å²) >= 11 is 3.56. The summed E-state index contributed by atoms with van der Waals surface area (Å²) in [5.41, 5.74) is 4.82. The molecule has 5 rings (SSSR count). The molecule has 0 fully saturated rings. The van der Waals surface area contributed by atoms with E-state index in [9.17, 15) is 4.79 Å². The van der Waals surface area contributed by atoms with Gasteiger partial charge < -0.3 is 4.74 Å². The van der Waals surface area contributed by atoms with Crippen molar-refractivity contribution in [2.24, 2.45) is 5.10 Å². The fourth-order valence-corrected chi connectivity index (χ4v) is 4.28. The highest BCUT2D eigenvalue weighted by atomic mass is 79.9. The van der Waals surface area contributed by atoms with Crippen LogP contribution >= 0.6 is 15.9 Å². The van der Waals surface area contributed by atoms with Crippen LogP contribution in [0.4, 0.5) is 0 Å². The average Bonchev–Trinajstić information content (AvgIpc) is 3.20. The number of ether oxygens (including phenoxy) is 1. The monoisotopic (exact) mass is 446 g/mol. The third-order valence-electron chi connectivity index (χ3n) is 5.42. The van der Waals surface area contributed by atoms with E-state index in [2.05, 4.69) is 34.1 Å². The number of hydrazone groups is 1. The Hall–Kier alpha value is -2.92. The fourth-order valence-electron chi connectivity index (χ4n) is 3.90. The largest absolute Gasteiger partial charge is 0.461 e. The number of ketones is 1. The van der Waals surface area contributed by atoms with Gasteiger partial charge in [0, 0.05) is 22.0 Å². The van der Waals surface area contributed by atoms with Gasteiger partial charge in [-0.2, -0.15) is 5.10 Å². The number of nitrogens with zero attached hydrogens (tertiary/aromatic N) is 2. The van der Waals surface area contributed by atoms with Gasteiger partial charge >= 0.3 is 0 Å². The van der Waals surface area contributed by atoms with E-state index in [0.717, 1.165) is 39.0 Å². The SMILES string of the molecule is Cc1ccc(C(=O)[C@@H]2Oc3ccc(Br)cc3[C@@H]3CC(c4ccccc4)=NN23)cc1. The number of rotatable bonds is 3. The number of hydrogen-bond acceptors (Lipinski definition) is 4. The molecule has 29 heavy (non-hydrogen) atoms. The van der Waals surface area contributed by atoms with Crippen LogP contribution in [0.3, 0.4) is 0 Å². The second-order valence-corrected chi connectivity index (χ2v) is 8.31. The number of halogens is 1. The molecule has 0 saturated heterocycles. The molecule has 0 aliphatic carbocycles. The normalized spacial score (nSPS) is 19.8. The number of carbonyl (C=O) groups is 1. The molecule has 0 unspecified atom stereocenters. The minimum atomic E-state index is -0.780. The van der Waals surface area contributed by atoms with Crippen LogP contribution in [0, 0.1) is 6.92 Å². The lowest BCUT2D eigenvalue weighted by Crippen LogP contribution is -2.45. The first kappa shape index (κ1) is 18.1. The summed E-state index contributed by atoms with van der Waals surface area (Å²) in [7, 11) is 0. The molecule has 0 saturated carbocycles. The summed E-state index contributed by atoms with van der Waals surface area (Å²) in [5.74, 6) is 0.658. The van der Waals surface area contributed by atoms with Crippen LogP contribution in [0.5, 0.6) is 5.75 Å². The molecule has 0 bridgehead atoms. The van der Waals surface area contributed by atoms with Crippen molar-refractivity contribution in [3.05, 3.63) is 99.5 Å². The second kappa shape index (κ2) is 7.16. The Bertz CT molecular complexity index is 1110. The molecule has 0 amide bonds. The van der Waals surface area contributed by atoms with Crippen LogP contribution in [0.1, 0.15) is 39.5 Å². The van der Waals surface area contributed by atoms with Crippen molar-refractivity contribution in [1.82, 2.24) is 5.01 Å². The van der Waals surface area contributed by atoms with Crippen molar-refractivity contribution < 1.29 is 9.53 Å². The van der Waals surface area contributed by atoms with Crippen LogP contribution in [0.2, 0.25) is 0 Å². The molecule has 3 aromatic carbocycles. The number of benzene rings is 3. The number of hydrogen-bond donors (Lipinski definition) is 0. The Morgan fingerprint density at radius 1 is 1.07 bits per heavy atom. The lowest BCUT2D eigenvalue weighted by molar-refractivity contribution is -0.00459. The van der Waals surface area contributed by atoms with Gasteiger partial charge in [0.25, 0.3) is 6.23 Å². The lowest BCUT2D eigenvalue weighted by atomic mass is 9.95. The second-order valence-electron chi connectivity index (χ2n) is 7.40. The summed E-state index contributed by atoms with van der Waals surface area (Å²) in [5, 5.41) is 6.68. The first-order valence-corrected chi connectivity index (χ1v) is 10.4. The minimum Gasteiger partial charge on any atom is -0.461 e. The van der Waals surface area contributed by atoms with E-state index in [0.29, 0.717) is 5.56 Å². The predicted octanol–water partition coefficient (Wildman–Crippen LogP) is 5.51. The maximum absolute atomic E-state index is 13.3. The molecule has 0 spiro atoms. The summed E-state index contributed by atoms with van der Waals surface area (Å²) in [6.07, 6.45) is -0.0493. The van der Waals surface area contributed by atoms with Gasteiger partial charge in [-0.1, -0.05) is 76.1 Å². The van der Waals surface area contributed by atoms with Crippen molar-refractivity contribution in [2.45, 2.75) is 25.6 Å². The van der Waals surface area contributed by atoms with Gasteiger partial charge in [0.1, 0.15) is 5.75 Å². The molecule has 0 aromatic heterocycles. The minimum absolute atomic E-state index is 0.0362. The van der Waals surface area contributed by atoms with Crippen molar-refractivity contribution >= 4 is 27.4 Å². The van der Waals surface area contributed by atoms with E-state index >= 15 is 0 Å². The van der Waals surface area contributed by atoms with Gasteiger partial charge in [-0.3, -0.25) is 4.79 Å². The predicted molar refractivity (Wildman–Crippen MR) is 116 cm³/mol. The van der Waals surface area contributed by atoms with Gasteiger partial charge in [-0.15, -0.1) is 0 Å². The Kier molecular flexibility index (Phi) is 4.47. The number of fused-ring (bicyclic) bond motifs is 3. The van der Waals surface area contributed by atoms with E-state index in [1.165, 1.54) is 0 Å². The first-order chi connectivity index (χ1) is 14.1. The zero-order valence-corrected chi connectivity index (χ0v) is 17.5. The molecular formula is C24H19BrN2O2. The highest BCUT2D eigenvalue weighted by Crippen LogP contribution is 2.44. The quantitative estimate of drug-likeness (QED) is 0.498. The van der Waals surface area contributed by atoms with Gasteiger partial charge in [0.15, 0.2) is 0 Å². The molecule has 144 valence electrons. The van der Waals surface area contributed by atoms with Crippen molar-refractivity contribution in [3.63, 3.8) is 0 Å². The topological polar surface area (TPSA) is 41.9 Å². The van der Waals surface area contributed by atoms with Crippen molar-refractivity contribution in [2.75, 3.05) is 0 Å². The third-order valence-corrected chi connectivity index (χ3v) is 5.91. The summed E-state index contributed by atoms with van der Waals surface area (Å²) in [6, 6.07) is 23.6. The molecule has 0 radical (unpaired) electrons. The number of Topliss-reactive ketones (excluding diaryl/α,β-unsaturated/α-hetero) is 1. The maximum Gasteiger partial charge on any atom is 0.251 e. The molecular weight excluding hydrogens is 428 g/mol. The third kappa shape index (κ3) is 3.25. The van der Waals surface area contributed by atoms with Crippen LogP contribution in [0.15, 0.2) is 82.4 Å². The zero-order valence-electron chi connectivity index (χ0n) is 15.9. The van der Waals surface area contributed by atoms with Crippen LogP contribution in [-0.2, 0) is 0 Å². The highest BCUT2D eigenvalue weighted by molar-refractivity contribution is 9.10. The average molecular weight is 447 g/mol. The molecule has 3 aromatic rings. The Balaban J connectivity index is 1.57. The highest BCUT2D eigenvalue weighted by Gasteiger charge is 2.43. The van der Waals surface area contributed by atoms with E-state index in [4.69, 9.17) is 9.84 Å². The Morgan fingerprint density at radius 2 is 1.83 bits per heavy atom. The molecule has 2 atom stereocenters. The van der Waals surface area contributed by atoms with E-state index in [1.54, 1.807) is 0 Å². The van der Waals surface area contributed by atoms with Gasteiger partial charge in [-0.05, 0) is 30.7 Å². The van der Waals surface area contributed by atoms with E-state index in [-0.39, 0.29) is 11.8 Å². The molecule has 4 nitrogen and oxygen atoms in total. The Morgan fingerprint density at radius 3 is 2.59 bits per heavy atom. The van der Waals surface area contributed by atoms with Crippen LogP contribution in [0.25, 0.3) is 0 Å². The van der Waals surface area contributed by atoms with Crippen LogP contribution < -0.4 is 4.74 Å². The van der Waals surface area contributed by atoms with Crippen molar-refractivity contribution in [1.29, 1.82) is 0 Å². The van der Waals surface area contributed by atoms with Crippen LogP contribution in [-0.4, -0.2) is 22.7 Å². The van der Waals surface area contributed by atoms with Gasteiger partial charge in [0.05, 0.1) is 11.8 Å². The van der Waals surface area contributed by atoms with Gasteiger partial charge in [-0.25, -0.2) is 5.01 Å². The maximum atomic E-state index is 13.3. The Labute approximate surface area is 177 Å². The zero-order chi connectivity index (χ0) is 20.0. The first-order valence-electron chi connectivity index (χ1n) is 9.58. The summed E-state index contributed by atoms with van der Waals surface area (Å²) in [4.78, 5) is 13.3. The summed E-state index contributed by atoms with van der Waals surface area (Å²) < 4.78 is 7.16. The molecule has 2 heterocycles. The fraction of sp³-hybridized carbons (Fsp3) is 0.167. The molecule has 0 N–H and O–H groups in total. The summed E-state index contributed by atoms with van der Waals surface area (Å²) in [6.45, 7) is 2.01. The molecule has 2 aliphatic heterocycles. The number of aryl methyl sites for hydroxylation is 1.